The van der Waals surface area contributed by atoms with Gasteiger partial charge in [0.05, 0.1) is 22.5 Å². The number of rotatable bonds is 5. The number of nitrogens with one attached hydrogen (secondary N) is 2. The van der Waals surface area contributed by atoms with E-state index in [4.69, 9.17) is 5.73 Å². The number of pyridine rings is 1. The first kappa shape index (κ1) is 14.1. The van der Waals surface area contributed by atoms with Crippen molar-refractivity contribution in [3.8, 4) is 0 Å². The highest BCUT2D eigenvalue weighted by Crippen LogP contribution is 2.20. The number of nitrogen functional groups attached to an aromatic ring is 1. The summed E-state index contributed by atoms with van der Waals surface area (Å²) in [4.78, 5) is 14.2. The molecule has 0 saturated heterocycles. The number of hydrogen-bond donors (Lipinski definition) is 3. The average Bonchev–Trinajstić information content (AvgIpc) is 2.42. The molecule has 4 N–H and O–H groups in total. The standard InChI is InChI=1S/C13H19N5O2/c14-11-6-7-15-8-12(11)17-13(9-18(19)20)16-10-4-2-1-3-5-10/h6-10,16-17H,1-5H2,(H2,14,15)/b13-9+. The predicted octanol–water partition coefficient (Wildman–Crippen LogP) is 2.07. The van der Waals surface area contributed by atoms with Gasteiger partial charge in [0.2, 0.25) is 0 Å². The smallest absolute Gasteiger partial charge is 0.274 e. The van der Waals surface area contributed by atoms with Gasteiger partial charge in [-0.15, -0.1) is 0 Å². The molecule has 1 aromatic rings. The first-order chi connectivity index (χ1) is 9.65. The van der Waals surface area contributed by atoms with Crippen LogP contribution in [0.25, 0.3) is 0 Å². The molecule has 1 heterocycles. The quantitative estimate of drug-likeness (QED) is 0.562. The van der Waals surface area contributed by atoms with E-state index in [2.05, 4.69) is 15.6 Å². The summed E-state index contributed by atoms with van der Waals surface area (Å²) in [6.45, 7) is 0. The molecule has 0 aromatic carbocycles. The Balaban J connectivity index is 2.07. The Labute approximate surface area is 117 Å². The molecule has 1 saturated carbocycles. The number of nitrogens with two attached hydrogens (primary N) is 1. The third kappa shape index (κ3) is 4.11. The fourth-order valence-electron chi connectivity index (χ4n) is 2.33. The minimum absolute atomic E-state index is 0.264. The molecule has 20 heavy (non-hydrogen) atoms. The van der Waals surface area contributed by atoms with Crippen LogP contribution in [0.3, 0.4) is 0 Å². The molecule has 0 unspecified atom stereocenters. The van der Waals surface area contributed by atoms with Crippen LogP contribution in [0.4, 0.5) is 11.4 Å². The Morgan fingerprint density at radius 3 is 2.85 bits per heavy atom. The van der Waals surface area contributed by atoms with E-state index >= 15 is 0 Å². The maximum Gasteiger partial charge on any atom is 0.274 e. The average molecular weight is 277 g/mol. The van der Waals surface area contributed by atoms with E-state index in [-0.39, 0.29) is 6.04 Å². The number of aromatic nitrogens is 1. The summed E-state index contributed by atoms with van der Waals surface area (Å²) >= 11 is 0. The first-order valence-electron chi connectivity index (χ1n) is 6.73. The second-order valence-corrected chi connectivity index (χ2v) is 4.90. The van der Waals surface area contributed by atoms with Crippen molar-refractivity contribution in [2.24, 2.45) is 0 Å². The van der Waals surface area contributed by atoms with Crippen LogP contribution in [0.1, 0.15) is 32.1 Å². The zero-order chi connectivity index (χ0) is 14.4. The van der Waals surface area contributed by atoms with Crippen molar-refractivity contribution in [3.63, 3.8) is 0 Å². The second-order valence-electron chi connectivity index (χ2n) is 4.90. The lowest BCUT2D eigenvalue weighted by Gasteiger charge is -2.24. The van der Waals surface area contributed by atoms with Crippen molar-refractivity contribution in [1.29, 1.82) is 0 Å². The van der Waals surface area contributed by atoms with E-state index < -0.39 is 4.92 Å². The van der Waals surface area contributed by atoms with Gasteiger partial charge in [0, 0.05) is 12.2 Å². The van der Waals surface area contributed by atoms with Crippen LogP contribution in [0.5, 0.6) is 0 Å². The normalized spacial score (nSPS) is 16.7. The van der Waals surface area contributed by atoms with Crippen LogP contribution >= 0.6 is 0 Å². The molecule has 0 spiro atoms. The van der Waals surface area contributed by atoms with Gasteiger partial charge in [-0.2, -0.15) is 0 Å². The highest BCUT2D eigenvalue weighted by molar-refractivity contribution is 5.66. The molecular weight excluding hydrogens is 258 g/mol. The first-order valence-corrected chi connectivity index (χ1v) is 6.73. The van der Waals surface area contributed by atoms with Crippen molar-refractivity contribution in [2.75, 3.05) is 11.1 Å². The number of nitrogens with zero attached hydrogens (tertiary/aromatic N) is 2. The van der Waals surface area contributed by atoms with Gasteiger partial charge in [0.25, 0.3) is 6.20 Å². The zero-order valence-electron chi connectivity index (χ0n) is 11.2. The molecule has 1 aliphatic carbocycles. The van der Waals surface area contributed by atoms with Crippen LogP contribution < -0.4 is 16.4 Å². The second kappa shape index (κ2) is 6.74. The van der Waals surface area contributed by atoms with Crippen molar-refractivity contribution in [1.82, 2.24) is 10.3 Å². The molecule has 0 amide bonds. The molecular formula is C13H19N5O2. The molecule has 1 aromatic heterocycles. The molecule has 7 heteroatoms. The number of anilines is 2. The highest BCUT2D eigenvalue weighted by Gasteiger charge is 2.16. The Bertz CT molecular complexity index is 497. The largest absolute Gasteiger partial charge is 0.397 e. The monoisotopic (exact) mass is 277 g/mol. The van der Waals surface area contributed by atoms with Gasteiger partial charge < -0.3 is 16.4 Å². The van der Waals surface area contributed by atoms with E-state index in [1.165, 1.54) is 6.42 Å². The number of nitro groups is 1. The van der Waals surface area contributed by atoms with Gasteiger partial charge >= 0.3 is 0 Å². The zero-order valence-corrected chi connectivity index (χ0v) is 11.2. The molecule has 0 bridgehead atoms. The molecule has 2 rings (SSSR count). The van der Waals surface area contributed by atoms with Crippen LogP contribution in [0, 0.1) is 10.1 Å². The van der Waals surface area contributed by atoms with E-state index in [1.54, 1.807) is 18.5 Å². The van der Waals surface area contributed by atoms with Crippen molar-refractivity contribution in [3.05, 3.63) is 40.6 Å². The van der Waals surface area contributed by atoms with Gasteiger partial charge in [0.15, 0.2) is 5.82 Å². The van der Waals surface area contributed by atoms with E-state index in [0.717, 1.165) is 31.9 Å². The lowest BCUT2D eigenvalue weighted by atomic mass is 9.95. The summed E-state index contributed by atoms with van der Waals surface area (Å²) in [5.41, 5.74) is 6.86. The minimum Gasteiger partial charge on any atom is -0.397 e. The Morgan fingerprint density at radius 2 is 2.20 bits per heavy atom. The van der Waals surface area contributed by atoms with Crippen LogP contribution in [0.2, 0.25) is 0 Å². The van der Waals surface area contributed by atoms with Gasteiger partial charge in [-0.3, -0.25) is 15.1 Å². The lowest BCUT2D eigenvalue weighted by Crippen LogP contribution is -2.33. The molecule has 1 fully saturated rings. The van der Waals surface area contributed by atoms with Gasteiger partial charge in [-0.25, -0.2) is 0 Å². The molecule has 1 aliphatic rings. The fraction of sp³-hybridized carbons (Fsp3) is 0.462. The summed E-state index contributed by atoms with van der Waals surface area (Å²) in [6, 6.07) is 1.91. The van der Waals surface area contributed by atoms with Crippen LogP contribution in [-0.4, -0.2) is 15.9 Å². The maximum atomic E-state index is 10.7. The third-order valence-corrected chi connectivity index (χ3v) is 3.32. The molecule has 7 nitrogen and oxygen atoms in total. The van der Waals surface area contributed by atoms with E-state index in [9.17, 15) is 10.1 Å². The Hall–Kier alpha value is -2.31. The molecule has 108 valence electrons. The number of hydrogen-bond acceptors (Lipinski definition) is 6. The predicted molar refractivity (Wildman–Crippen MR) is 77.4 cm³/mol. The van der Waals surface area contributed by atoms with Crippen LogP contribution in [0.15, 0.2) is 30.5 Å². The van der Waals surface area contributed by atoms with Crippen molar-refractivity contribution >= 4 is 11.4 Å². The van der Waals surface area contributed by atoms with Crippen molar-refractivity contribution in [2.45, 2.75) is 38.1 Å². The summed E-state index contributed by atoms with van der Waals surface area (Å²) in [5.74, 6) is 0.349. The minimum atomic E-state index is -0.481. The summed E-state index contributed by atoms with van der Waals surface area (Å²) in [7, 11) is 0. The van der Waals surface area contributed by atoms with E-state index in [0.29, 0.717) is 17.2 Å². The van der Waals surface area contributed by atoms with Gasteiger partial charge in [0.1, 0.15) is 0 Å². The summed E-state index contributed by atoms with van der Waals surface area (Å²) in [6.07, 6.45) is 9.64. The summed E-state index contributed by atoms with van der Waals surface area (Å²) in [5, 5.41) is 16.9. The molecule has 0 aliphatic heterocycles. The fourth-order valence-corrected chi connectivity index (χ4v) is 2.33. The lowest BCUT2D eigenvalue weighted by molar-refractivity contribution is -0.403. The highest BCUT2D eigenvalue weighted by atomic mass is 16.6. The van der Waals surface area contributed by atoms with Crippen molar-refractivity contribution < 1.29 is 4.92 Å². The third-order valence-electron chi connectivity index (χ3n) is 3.32. The topological polar surface area (TPSA) is 106 Å². The Kier molecular flexibility index (Phi) is 4.75. The molecule has 0 atom stereocenters. The van der Waals surface area contributed by atoms with Gasteiger partial charge in [-0.1, -0.05) is 19.3 Å². The van der Waals surface area contributed by atoms with Crippen LogP contribution in [-0.2, 0) is 0 Å². The Morgan fingerprint density at radius 1 is 1.45 bits per heavy atom. The maximum absolute atomic E-state index is 10.7. The molecule has 0 radical (unpaired) electrons. The SMILES string of the molecule is Nc1ccncc1N/C(=C/[N+](=O)[O-])NC1CCCCC1. The van der Waals surface area contributed by atoms with Gasteiger partial charge in [-0.05, 0) is 18.9 Å². The van der Waals surface area contributed by atoms with E-state index in [1.807, 2.05) is 0 Å². The summed E-state index contributed by atoms with van der Waals surface area (Å²) < 4.78 is 0.